The van der Waals surface area contributed by atoms with Gasteiger partial charge in [0.1, 0.15) is 0 Å². The molecule has 4 aromatic rings. The molecular formula is C36H31N3O3S. The maximum Gasteiger partial charge on any atom is 0.337 e. The lowest BCUT2D eigenvalue weighted by molar-refractivity contribution is -0.115. The van der Waals surface area contributed by atoms with Gasteiger partial charge in [-0.05, 0) is 82.8 Å². The molecule has 3 aliphatic heterocycles. The van der Waals surface area contributed by atoms with E-state index in [0.29, 0.717) is 15.6 Å². The van der Waals surface area contributed by atoms with Crippen LogP contribution in [0.3, 0.4) is 0 Å². The van der Waals surface area contributed by atoms with Crippen LogP contribution in [0.25, 0.3) is 6.08 Å². The molecule has 7 heteroatoms. The van der Waals surface area contributed by atoms with Crippen molar-refractivity contribution < 1.29 is 14.3 Å². The fraction of sp³-hybridized carbons (Fsp3) is 0.194. The zero-order chi connectivity index (χ0) is 29.3. The Kier molecular flexibility index (Phi) is 7.33. The molecule has 214 valence electrons. The van der Waals surface area contributed by atoms with E-state index in [9.17, 15) is 9.59 Å². The second-order valence-electron chi connectivity index (χ2n) is 11.1. The van der Waals surface area contributed by atoms with E-state index >= 15 is 0 Å². The molecule has 1 saturated heterocycles. The van der Waals surface area contributed by atoms with Gasteiger partial charge in [0.15, 0.2) is 5.17 Å². The van der Waals surface area contributed by atoms with E-state index in [0.717, 1.165) is 37.2 Å². The second kappa shape index (κ2) is 11.6. The number of rotatable bonds is 5. The number of thioether (sulfide) groups is 1. The summed E-state index contributed by atoms with van der Waals surface area (Å²) in [5, 5.41) is 3.52. The molecule has 4 aromatic carbocycles. The largest absolute Gasteiger partial charge is 0.465 e. The van der Waals surface area contributed by atoms with Crippen molar-refractivity contribution in [3.63, 3.8) is 0 Å². The summed E-state index contributed by atoms with van der Waals surface area (Å²) in [4.78, 5) is 32.8. The van der Waals surface area contributed by atoms with Crippen molar-refractivity contribution in [3.8, 4) is 0 Å². The fourth-order valence-electron chi connectivity index (χ4n) is 6.49. The second-order valence-corrected chi connectivity index (χ2v) is 12.1. The van der Waals surface area contributed by atoms with Crippen LogP contribution in [0.5, 0.6) is 0 Å². The first-order chi connectivity index (χ1) is 21.1. The Labute approximate surface area is 255 Å². The Morgan fingerprint density at radius 1 is 0.884 bits per heavy atom. The number of anilines is 1. The number of ether oxygens (including phenoxy) is 1. The van der Waals surface area contributed by atoms with Gasteiger partial charge < -0.3 is 15.0 Å². The lowest BCUT2D eigenvalue weighted by Gasteiger charge is -2.43. The molecule has 0 unspecified atom stereocenters. The van der Waals surface area contributed by atoms with Crippen LogP contribution in [0.15, 0.2) is 107 Å². The van der Waals surface area contributed by atoms with Crippen LogP contribution in [0.4, 0.5) is 11.4 Å². The Balaban J connectivity index is 1.27. The highest BCUT2D eigenvalue weighted by molar-refractivity contribution is 8.18. The van der Waals surface area contributed by atoms with Crippen molar-refractivity contribution in [2.45, 2.75) is 24.7 Å². The van der Waals surface area contributed by atoms with Gasteiger partial charge in [-0.25, -0.2) is 9.79 Å². The fourth-order valence-corrected chi connectivity index (χ4v) is 7.33. The summed E-state index contributed by atoms with van der Waals surface area (Å²) in [5.41, 5.74) is 8.76. The molecule has 0 aromatic heterocycles. The minimum Gasteiger partial charge on any atom is -0.465 e. The number of carbonyl (C=O) groups is 2. The van der Waals surface area contributed by atoms with E-state index in [-0.39, 0.29) is 17.7 Å². The van der Waals surface area contributed by atoms with E-state index in [4.69, 9.17) is 9.73 Å². The van der Waals surface area contributed by atoms with E-state index in [2.05, 4.69) is 83.0 Å². The maximum absolute atomic E-state index is 12.9. The summed E-state index contributed by atoms with van der Waals surface area (Å²) < 4.78 is 4.78. The number of amides is 1. The lowest BCUT2D eigenvalue weighted by Crippen LogP contribution is -2.37. The van der Waals surface area contributed by atoms with E-state index in [1.165, 1.54) is 46.8 Å². The third kappa shape index (κ3) is 5.37. The summed E-state index contributed by atoms with van der Waals surface area (Å²) in [6.45, 7) is 2.07. The molecule has 1 fully saturated rings. The van der Waals surface area contributed by atoms with Gasteiger partial charge in [-0.1, -0.05) is 72.8 Å². The van der Waals surface area contributed by atoms with Crippen LogP contribution >= 0.6 is 11.8 Å². The first-order valence-corrected chi connectivity index (χ1v) is 15.4. The van der Waals surface area contributed by atoms with E-state index in [1.807, 2.05) is 6.08 Å². The summed E-state index contributed by atoms with van der Waals surface area (Å²) in [7, 11) is 1.36. The number of methoxy groups -OCH3 is 1. The minimum absolute atomic E-state index is 0.185. The average molecular weight is 586 g/mol. The lowest BCUT2D eigenvalue weighted by atomic mass is 9.76. The van der Waals surface area contributed by atoms with Crippen LogP contribution in [-0.4, -0.2) is 37.2 Å². The average Bonchev–Trinajstić information content (AvgIpc) is 3.39. The number of esters is 1. The molecular weight excluding hydrogens is 554 g/mol. The third-order valence-electron chi connectivity index (χ3n) is 8.51. The molecule has 2 atom stereocenters. The molecule has 0 radical (unpaired) electrons. The van der Waals surface area contributed by atoms with Crippen molar-refractivity contribution in [3.05, 3.63) is 135 Å². The molecule has 1 N–H and O–H groups in total. The Morgan fingerprint density at radius 2 is 1.47 bits per heavy atom. The molecule has 1 amide bonds. The molecule has 0 saturated carbocycles. The van der Waals surface area contributed by atoms with Gasteiger partial charge in [-0.2, -0.15) is 0 Å². The molecule has 6 nitrogen and oxygen atoms in total. The minimum atomic E-state index is -0.391. The third-order valence-corrected chi connectivity index (χ3v) is 9.42. The zero-order valence-electron chi connectivity index (χ0n) is 23.8. The number of aliphatic imine (C=N–C) groups is 1. The normalized spacial score (nSPS) is 21.0. The molecule has 0 spiro atoms. The highest BCUT2D eigenvalue weighted by Crippen LogP contribution is 2.50. The highest BCUT2D eigenvalue weighted by atomic mass is 32.2. The number of benzene rings is 4. The first kappa shape index (κ1) is 27.2. The summed E-state index contributed by atoms with van der Waals surface area (Å²) in [6.07, 6.45) is 3.92. The van der Waals surface area contributed by atoms with E-state index < -0.39 is 5.97 Å². The highest BCUT2D eigenvalue weighted by Gasteiger charge is 2.35. The van der Waals surface area contributed by atoms with E-state index in [1.54, 1.807) is 24.3 Å². The Hall–Kier alpha value is -4.62. The van der Waals surface area contributed by atoms with Crippen molar-refractivity contribution in [1.82, 2.24) is 5.32 Å². The van der Waals surface area contributed by atoms with Crippen LogP contribution in [-0.2, 0) is 9.53 Å². The van der Waals surface area contributed by atoms with Gasteiger partial charge in [0.25, 0.3) is 5.91 Å². The maximum atomic E-state index is 12.9. The predicted octanol–water partition coefficient (Wildman–Crippen LogP) is 7.24. The first-order valence-electron chi connectivity index (χ1n) is 14.6. The Bertz CT molecular complexity index is 1680. The molecule has 7 rings (SSSR count). The van der Waals surface area contributed by atoms with Crippen LogP contribution in [0.1, 0.15) is 62.9 Å². The topological polar surface area (TPSA) is 71.0 Å². The summed E-state index contributed by atoms with van der Waals surface area (Å²) in [5.74, 6) is -0.00126. The number of nitrogens with one attached hydrogen (secondary N) is 1. The van der Waals surface area contributed by atoms with Crippen molar-refractivity contribution in [2.24, 2.45) is 4.99 Å². The number of hydrogen-bond donors (Lipinski definition) is 1. The zero-order valence-corrected chi connectivity index (χ0v) is 24.6. The SMILES string of the molecule is COC(=O)c1ccc(/C=C2\SC(=Nc3cc4c5c(c3)[C@@H](c3ccccc3)CCN5CC[C@@H]4c3ccccc3)NC2=O)cc1. The summed E-state index contributed by atoms with van der Waals surface area (Å²) >= 11 is 1.33. The number of hydrogen-bond acceptors (Lipinski definition) is 6. The molecule has 0 aliphatic carbocycles. The standard InChI is InChI=1S/C36H31N3O3S/c1-42-35(41)26-14-12-23(13-15-26)20-32-34(40)38-36(43-32)37-27-21-30-28(24-8-4-2-5-9-24)16-18-39-19-17-29(31(22-27)33(30)39)25-10-6-3-7-11-25/h2-15,20-22,28-29H,16-19H2,1H3,(H,37,38,40)/b32-20-/t28-,29-/m1/s1. The van der Waals surface area contributed by atoms with Crippen LogP contribution < -0.4 is 10.2 Å². The Morgan fingerprint density at radius 3 is 2.02 bits per heavy atom. The van der Waals surface area contributed by atoms with Crippen LogP contribution in [0, 0.1) is 0 Å². The van der Waals surface area contributed by atoms with Gasteiger partial charge in [0, 0.05) is 30.6 Å². The molecule has 3 aliphatic rings. The summed E-state index contributed by atoms with van der Waals surface area (Å²) in [6, 6.07) is 33.0. The molecule has 43 heavy (non-hydrogen) atoms. The number of amidine groups is 1. The number of carbonyl (C=O) groups excluding carboxylic acids is 2. The quantitative estimate of drug-likeness (QED) is 0.197. The van der Waals surface area contributed by atoms with Crippen molar-refractivity contribution in [1.29, 1.82) is 0 Å². The van der Waals surface area contributed by atoms with Crippen LogP contribution in [0.2, 0.25) is 0 Å². The van der Waals surface area contributed by atoms with Gasteiger partial charge in [0.2, 0.25) is 0 Å². The monoisotopic (exact) mass is 585 g/mol. The van der Waals surface area contributed by atoms with Gasteiger partial charge in [-0.3, -0.25) is 4.79 Å². The molecule has 3 heterocycles. The van der Waals surface area contributed by atoms with Crippen molar-refractivity contribution >= 4 is 46.3 Å². The van der Waals surface area contributed by atoms with Gasteiger partial charge >= 0.3 is 5.97 Å². The van der Waals surface area contributed by atoms with Crippen molar-refractivity contribution in [2.75, 3.05) is 25.1 Å². The number of nitrogens with zero attached hydrogens (tertiary/aromatic N) is 2. The smallest absolute Gasteiger partial charge is 0.337 e. The van der Waals surface area contributed by atoms with Gasteiger partial charge in [-0.15, -0.1) is 0 Å². The predicted molar refractivity (Wildman–Crippen MR) is 173 cm³/mol. The molecule has 0 bridgehead atoms. The van der Waals surface area contributed by atoms with Gasteiger partial charge in [0.05, 0.1) is 23.3 Å².